The van der Waals surface area contributed by atoms with Crippen LogP contribution in [-0.2, 0) is 12.3 Å². The number of methoxy groups -OCH3 is 2. The van der Waals surface area contributed by atoms with Crippen LogP contribution in [0.25, 0.3) is 22.8 Å². The van der Waals surface area contributed by atoms with Crippen molar-refractivity contribution >= 4 is 11.8 Å². The van der Waals surface area contributed by atoms with Gasteiger partial charge in [0.2, 0.25) is 11.7 Å². The van der Waals surface area contributed by atoms with E-state index in [1.165, 1.54) is 11.8 Å². The number of thioether (sulfide) groups is 1. The second-order valence-corrected chi connectivity index (χ2v) is 7.38. The van der Waals surface area contributed by atoms with E-state index in [2.05, 4.69) is 26.9 Å². The molecule has 0 aliphatic rings. The van der Waals surface area contributed by atoms with Crippen LogP contribution in [0.4, 0.5) is 0 Å². The van der Waals surface area contributed by atoms with Crippen molar-refractivity contribution in [3.05, 3.63) is 67.1 Å². The van der Waals surface area contributed by atoms with Gasteiger partial charge in [0.25, 0.3) is 0 Å². The van der Waals surface area contributed by atoms with E-state index in [9.17, 15) is 0 Å². The quantitative estimate of drug-likeness (QED) is 0.281. The lowest BCUT2D eigenvalue weighted by molar-refractivity contribution is 0.391. The number of hydrogen-bond donors (Lipinski definition) is 0. The van der Waals surface area contributed by atoms with Gasteiger partial charge in [-0.1, -0.05) is 47.3 Å². The van der Waals surface area contributed by atoms with E-state index in [1.54, 1.807) is 20.3 Å². The van der Waals surface area contributed by atoms with Crippen molar-refractivity contribution < 1.29 is 14.0 Å². The molecule has 0 aliphatic carbocycles. The molecule has 0 aliphatic heterocycles. The van der Waals surface area contributed by atoms with Crippen LogP contribution in [0.3, 0.4) is 0 Å². The normalized spacial score (nSPS) is 10.8. The minimum atomic E-state index is 0.457. The maximum absolute atomic E-state index is 5.48. The third kappa shape index (κ3) is 4.46. The molecule has 0 unspecified atom stereocenters. The van der Waals surface area contributed by atoms with Crippen LogP contribution < -0.4 is 9.47 Å². The first-order valence-electron chi connectivity index (χ1n) is 9.50. The van der Waals surface area contributed by atoms with Gasteiger partial charge >= 0.3 is 0 Å². The molecule has 0 radical (unpaired) electrons. The van der Waals surface area contributed by atoms with Gasteiger partial charge < -0.3 is 14.0 Å². The lowest BCUT2D eigenvalue weighted by Crippen LogP contribution is -2.01. The fourth-order valence-corrected chi connectivity index (χ4v) is 3.82. The van der Waals surface area contributed by atoms with E-state index < -0.39 is 0 Å². The van der Waals surface area contributed by atoms with Gasteiger partial charge in [0.15, 0.2) is 11.0 Å². The van der Waals surface area contributed by atoms with Crippen LogP contribution in [0.2, 0.25) is 0 Å². The SMILES string of the molecule is C=CCn1c(SCc2nc(-c3cccc(OC)c3)no2)nnc1-c1ccccc1OC. The lowest BCUT2D eigenvalue weighted by Gasteiger charge is -2.10. The van der Waals surface area contributed by atoms with Crippen LogP contribution in [0, 0.1) is 0 Å². The lowest BCUT2D eigenvalue weighted by atomic mass is 10.2. The first-order chi connectivity index (χ1) is 15.2. The molecule has 2 aromatic carbocycles. The topological polar surface area (TPSA) is 88.1 Å². The number of allylic oxidation sites excluding steroid dienone is 1. The third-order valence-electron chi connectivity index (χ3n) is 4.50. The number of rotatable bonds is 9. The molecule has 0 spiro atoms. The highest BCUT2D eigenvalue weighted by atomic mass is 32.2. The molecule has 0 amide bonds. The monoisotopic (exact) mass is 435 g/mol. The van der Waals surface area contributed by atoms with Gasteiger partial charge in [-0.3, -0.25) is 4.57 Å². The molecule has 0 fully saturated rings. The van der Waals surface area contributed by atoms with Crippen molar-refractivity contribution in [3.8, 4) is 34.3 Å². The number of hydrogen-bond acceptors (Lipinski definition) is 8. The molecule has 2 aromatic heterocycles. The first kappa shape index (κ1) is 20.7. The Morgan fingerprint density at radius 1 is 1.10 bits per heavy atom. The molecule has 4 aromatic rings. The fraction of sp³-hybridized carbons (Fsp3) is 0.182. The van der Waals surface area contributed by atoms with Gasteiger partial charge in [-0.2, -0.15) is 4.98 Å². The summed E-state index contributed by atoms with van der Waals surface area (Å²) >= 11 is 1.47. The van der Waals surface area contributed by atoms with Gasteiger partial charge in [-0.25, -0.2) is 0 Å². The van der Waals surface area contributed by atoms with Gasteiger partial charge in [0.05, 0.1) is 25.5 Å². The summed E-state index contributed by atoms with van der Waals surface area (Å²) in [6.07, 6.45) is 1.81. The molecule has 0 saturated carbocycles. The van der Waals surface area contributed by atoms with Gasteiger partial charge in [0, 0.05) is 12.1 Å². The average molecular weight is 436 g/mol. The number of nitrogens with zero attached hydrogens (tertiary/aromatic N) is 5. The first-order valence-corrected chi connectivity index (χ1v) is 10.5. The van der Waals surface area contributed by atoms with E-state index in [0.29, 0.717) is 29.8 Å². The van der Waals surface area contributed by atoms with Gasteiger partial charge in [-0.05, 0) is 24.3 Å². The molecule has 8 nitrogen and oxygen atoms in total. The number of para-hydroxylation sites is 1. The van der Waals surface area contributed by atoms with E-state index in [4.69, 9.17) is 14.0 Å². The maximum Gasteiger partial charge on any atom is 0.237 e. The zero-order valence-corrected chi connectivity index (χ0v) is 18.0. The molecule has 31 heavy (non-hydrogen) atoms. The van der Waals surface area contributed by atoms with Gasteiger partial charge in [-0.15, -0.1) is 16.8 Å². The van der Waals surface area contributed by atoms with Crippen LogP contribution in [0.5, 0.6) is 11.5 Å². The summed E-state index contributed by atoms with van der Waals surface area (Å²) < 4.78 is 18.1. The highest BCUT2D eigenvalue weighted by molar-refractivity contribution is 7.98. The highest BCUT2D eigenvalue weighted by Gasteiger charge is 2.18. The Balaban J connectivity index is 1.55. The standard InChI is InChI=1S/C22H21N5O3S/c1-4-12-27-21(17-10-5-6-11-18(17)29-3)24-25-22(27)31-14-19-23-20(26-30-19)15-8-7-9-16(13-15)28-2/h4-11,13H,1,12,14H2,2-3H3. The summed E-state index contributed by atoms with van der Waals surface area (Å²) in [5.74, 6) is 3.64. The van der Waals surface area contributed by atoms with Crippen molar-refractivity contribution in [3.63, 3.8) is 0 Å². The van der Waals surface area contributed by atoms with E-state index in [1.807, 2.05) is 53.1 Å². The van der Waals surface area contributed by atoms with E-state index >= 15 is 0 Å². The maximum atomic E-state index is 5.48. The Labute approximate surface area is 183 Å². The van der Waals surface area contributed by atoms with Crippen molar-refractivity contribution in [2.75, 3.05) is 14.2 Å². The molecule has 4 rings (SSSR count). The second kappa shape index (κ2) is 9.48. The van der Waals surface area contributed by atoms with Crippen molar-refractivity contribution in [1.29, 1.82) is 0 Å². The number of aromatic nitrogens is 5. The van der Waals surface area contributed by atoms with E-state index in [0.717, 1.165) is 27.8 Å². The molecule has 0 N–H and O–H groups in total. The largest absolute Gasteiger partial charge is 0.497 e. The molecule has 0 saturated heterocycles. The molecular weight excluding hydrogens is 414 g/mol. The molecule has 0 bridgehead atoms. The Hall–Kier alpha value is -3.59. The van der Waals surface area contributed by atoms with Crippen molar-refractivity contribution in [2.24, 2.45) is 0 Å². The Bertz CT molecular complexity index is 1190. The Morgan fingerprint density at radius 3 is 2.77 bits per heavy atom. The second-order valence-electron chi connectivity index (χ2n) is 6.44. The fourth-order valence-electron chi connectivity index (χ4n) is 3.04. The summed E-state index contributed by atoms with van der Waals surface area (Å²) in [4.78, 5) is 4.49. The van der Waals surface area contributed by atoms with Crippen LogP contribution in [0.15, 0.2) is 70.9 Å². The minimum Gasteiger partial charge on any atom is -0.497 e. The zero-order chi connectivity index (χ0) is 21.6. The summed E-state index contributed by atoms with van der Waals surface area (Å²) in [7, 11) is 3.26. The highest BCUT2D eigenvalue weighted by Crippen LogP contribution is 2.32. The number of ether oxygens (including phenoxy) is 2. The average Bonchev–Trinajstić information content (AvgIpc) is 3.45. The van der Waals surface area contributed by atoms with Crippen LogP contribution in [0.1, 0.15) is 5.89 Å². The van der Waals surface area contributed by atoms with Crippen LogP contribution >= 0.6 is 11.8 Å². The minimum absolute atomic E-state index is 0.457. The molecule has 9 heteroatoms. The Kier molecular flexibility index (Phi) is 6.32. The molecule has 158 valence electrons. The summed E-state index contributed by atoms with van der Waals surface area (Å²) in [5.41, 5.74) is 1.69. The summed E-state index contributed by atoms with van der Waals surface area (Å²) in [6.45, 7) is 4.41. The predicted molar refractivity (Wildman–Crippen MR) is 118 cm³/mol. The smallest absolute Gasteiger partial charge is 0.237 e. The summed E-state index contributed by atoms with van der Waals surface area (Å²) in [6, 6.07) is 15.2. The summed E-state index contributed by atoms with van der Waals surface area (Å²) in [5, 5.41) is 13.5. The van der Waals surface area contributed by atoms with Gasteiger partial charge in [0.1, 0.15) is 11.5 Å². The van der Waals surface area contributed by atoms with Crippen molar-refractivity contribution in [2.45, 2.75) is 17.5 Å². The predicted octanol–water partition coefficient (Wildman–Crippen LogP) is 4.49. The van der Waals surface area contributed by atoms with Crippen molar-refractivity contribution in [1.82, 2.24) is 24.9 Å². The Morgan fingerprint density at radius 2 is 1.97 bits per heavy atom. The molecule has 2 heterocycles. The van der Waals surface area contributed by atoms with E-state index in [-0.39, 0.29) is 0 Å². The molecule has 0 atom stereocenters. The zero-order valence-electron chi connectivity index (χ0n) is 17.2. The number of benzene rings is 2. The van der Waals surface area contributed by atoms with Crippen LogP contribution in [-0.4, -0.2) is 39.1 Å². The molecular formula is C22H21N5O3S. The third-order valence-corrected chi connectivity index (χ3v) is 5.45.